The molecule has 0 spiro atoms. The molecule has 0 saturated heterocycles. The van der Waals surface area contributed by atoms with Gasteiger partial charge in [-0.2, -0.15) is 0 Å². The summed E-state index contributed by atoms with van der Waals surface area (Å²) in [6.45, 7) is 4.02. The van der Waals surface area contributed by atoms with Crippen LogP contribution >= 0.6 is 11.3 Å². The normalized spacial score (nSPS) is 10.5. The largest absolute Gasteiger partial charge is 0.322 e. The van der Waals surface area contributed by atoms with Crippen LogP contribution in [0.2, 0.25) is 0 Å². The van der Waals surface area contributed by atoms with Gasteiger partial charge in [0.15, 0.2) is 0 Å². The van der Waals surface area contributed by atoms with Crippen LogP contribution in [-0.2, 0) is 0 Å². The molecule has 0 saturated carbocycles. The maximum absolute atomic E-state index is 12.7. The van der Waals surface area contributed by atoms with Crippen LogP contribution in [0.5, 0.6) is 0 Å². The highest BCUT2D eigenvalue weighted by atomic mass is 32.1. The number of carbonyl (C=O) groups is 1. The molecule has 3 aromatic rings. The maximum atomic E-state index is 12.7. The lowest BCUT2D eigenvalue weighted by Crippen LogP contribution is -2.13. The van der Waals surface area contributed by atoms with E-state index in [4.69, 9.17) is 0 Å². The number of amides is 1. The molecular formula is C19H17NOS. The van der Waals surface area contributed by atoms with Crippen molar-refractivity contribution in [1.29, 1.82) is 0 Å². The molecule has 2 nitrogen and oxygen atoms in total. The fourth-order valence-electron chi connectivity index (χ4n) is 2.39. The highest BCUT2D eigenvalue weighted by molar-refractivity contribution is 7.13. The van der Waals surface area contributed by atoms with E-state index in [9.17, 15) is 4.79 Å². The average molecular weight is 307 g/mol. The number of aryl methyl sites for hydroxylation is 2. The van der Waals surface area contributed by atoms with E-state index in [0.29, 0.717) is 5.56 Å². The van der Waals surface area contributed by atoms with Gasteiger partial charge in [-0.15, -0.1) is 11.3 Å². The Morgan fingerprint density at radius 2 is 1.82 bits per heavy atom. The van der Waals surface area contributed by atoms with Gasteiger partial charge < -0.3 is 5.32 Å². The molecule has 0 aliphatic carbocycles. The van der Waals surface area contributed by atoms with Crippen molar-refractivity contribution in [2.24, 2.45) is 0 Å². The molecule has 2 aromatic carbocycles. The van der Waals surface area contributed by atoms with Gasteiger partial charge in [-0.25, -0.2) is 0 Å². The quantitative estimate of drug-likeness (QED) is 0.700. The predicted molar refractivity (Wildman–Crippen MR) is 93.6 cm³/mol. The van der Waals surface area contributed by atoms with Crippen LogP contribution in [0.1, 0.15) is 21.5 Å². The summed E-state index contributed by atoms with van der Waals surface area (Å²) in [5.74, 6) is -0.0716. The van der Waals surface area contributed by atoms with E-state index in [-0.39, 0.29) is 5.91 Å². The molecule has 0 radical (unpaired) electrons. The zero-order valence-corrected chi connectivity index (χ0v) is 13.4. The van der Waals surface area contributed by atoms with Crippen molar-refractivity contribution in [1.82, 2.24) is 0 Å². The lowest BCUT2D eigenvalue weighted by Gasteiger charge is -2.11. The third kappa shape index (κ3) is 2.95. The molecule has 3 heteroatoms. The summed E-state index contributed by atoms with van der Waals surface area (Å²) in [6, 6.07) is 17.8. The van der Waals surface area contributed by atoms with Crippen LogP contribution in [0.25, 0.3) is 10.4 Å². The summed E-state index contributed by atoms with van der Waals surface area (Å²) in [7, 11) is 0. The summed E-state index contributed by atoms with van der Waals surface area (Å²) in [5, 5.41) is 5.06. The van der Waals surface area contributed by atoms with Gasteiger partial charge in [-0.1, -0.05) is 36.4 Å². The van der Waals surface area contributed by atoms with Gasteiger partial charge in [0.25, 0.3) is 5.91 Å². The van der Waals surface area contributed by atoms with Crippen molar-refractivity contribution in [2.75, 3.05) is 5.32 Å². The lowest BCUT2D eigenvalue weighted by molar-refractivity contribution is 0.102. The van der Waals surface area contributed by atoms with Crippen LogP contribution in [0.4, 0.5) is 5.69 Å². The molecule has 0 aliphatic rings. The molecule has 1 heterocycles. The average Bonchev–Trinajstić information content (AvgIpc) is 3.05. The molecule has 0 bridgehead atoms. The molecule has 0 fully saturated rings. The zero-order chi connectivity index (χ0) is 15.5. The Labute approximate surface area is 134 Å². The van der Waals surface area contributed by atoms with E-state index in [0.717, 1.165) is 27.3 Å². The first-order valence-electron chi connectivity index (χ1n) is 7.16. The maximum Gasteiger partial charge on any atom is 0.256 e. The first-order chi connectivity index (χ1) is 10.6. The molecule has 0 unspecified atom stereocenters. The Morgan fingerprint density at radius 1 is 1.00 bits per heavy atom. The second-order valence-electron chi connectivity index (χ2n) is 5.30. The Morgan fingerprint density at radius 3 is 2.59 bits per heavy atom. The van der Waals surface area contributed by atoms with Crippen molar-refractivity contribution < 1.29 is 4.79 Å². The van der Waals surface area contributed by atoms with Crippen LogP contribution in [-0.4, -0.2) is 5.91 Å². The highest BCUT2D eigenvalue weighted by Crippen LogP contribution is 2.28. The molecule has 0 aliphatic heterocycles. The standard InChI is InChI=1S/C19H17NOS/c1-13-9-10-14(2)17(12-13)20-19(21)16-7-4-3-6-15(16)18-8-5-11-22-18/h3-12H,1-2H3,(H,20,21). The summed E-state index contributed by atoms with van der Waals surface area (Å²) >= 11 is 1.64. The van der Waals surface area contributed by atoms with Gasteiger partial charge in [-0.3, -0.25) is 4.79 Å². The van der Waals surface area contributed by atoms with E-state index in [1.54, 1.807) is 11.3 Å². The third-order valence-corrected chi connectivity index (χ3v) is 4.50. The summed E-state index contributed by atoms with van der Waals surface area (Å²) < 4.78 is 0. The first-order valence-corrected chi connectivity index (χ1v) is 8.04. The van der Waals surface area contributed by atoms with Gasteiger partial charge in [0.1, 0.15) is 0 Å². The minimum atomic E-state index is -0.0716. The van der Waals surface area contributed by atoms with Gasteiger partial charge in [0.05, 0.1) is 0 Å². The van der Waals surface area contributed by atoms with E-state index >= 15 is 0 Å². The lowest BCUT2D eigenvalue weighted by atomic mass is 10.0. The zero-order valence-electron chi connectivity index (χ0n) is 12.6. The van der Waals surface area contributed by atoms with Crippen molar-refractivity contribution >= 4 is 22.9 Å². The Bertz CT molecular complexity index is 806. The molecule has 0 atom stereocenters. The van der Waals surface area contributed by atoms with Crippen molar-refractivity contribution in [2.45, 2.75) is 13.8 Å². The van der Waals surface area contributed by atoms with Crippen LogP contribution in [0, 0.1) is 13.8 Å². The Kier molecular flexibility index (Phi) is 4.07. The molecule has 1 N–H and O–H groups in total. The second-order valence-corrected chi connectivity index (χ2v) is 6.24. The monoisotopic (exact) mass is 307 g/mol. The van der Waals surface area contributed by atoms with Crippen molar-refractivity contribution in [3.05, 3.63) is 76.7 Å². The van der Waals surface area contributed by atoms with Gasteiger partial charge in [0, 0.05) is 21.7 Å². The van der Waals surface area contributed by atoms with Crippen molar-refractivity contribution in [3.8, 4) is 10.4 Å². The molecule has 1 aromatic heterocycles. The molecule has 22 heavy (non-hydrogen) atoms. The topological polar surface area (TPSA) is 29.1 Å². The Balaban J connectivity index is 1.95. The minimum Gasteiger partial charge on any atom is -0.322 e. The fraction of sp³-hybridized carbons (Fsp3) is 0.105. The van der Waals surface area contributed by atoms with Crippen LogP contribution in [0.15, 0.2) is 60.0 Å². The summed E-state index contributed by atoms with van der Waals surface area (Å²) in [5.41, 5.74) is 4.73. The van der Waals surface area contributed by atoms with Gasteiger partial charge in [0.2, 0.25) is 0 Å². The molecule has 1 amide bonds. The fourth-order valence-corrected chi connectivity index (χ4v) is 3.15. The number of anilines is 1. The molecule has 3 rings (SSSR count). The molecule has 110 valence electrons. The number of rotatable bonds is 3. The van der Waals surface area contributed by atoms with Gasteiger partial charge in [-0.05, 0) is 48.6 Å². The van der Waals surface area contributed by atoms with E-state index in [2.05, 4.69) is 5.32 Å². The van der Waals surface area contributed by atoms with E-state index in [1.165, 1.54) is 0 Å². The third-order valence-electron chi connectivity index (χ3n) is 3.60. The van der Waals surface area contributed by atoms with Crippen LogP contribution < -0.4 is 5.32 Å². The smallest absolute Gasteiger partial charge is 0.256 e. The SMILES string of the molecule is Cc1ccc(C)c(NC(=O)c2ccccc2-c2cccs2)c1. The number of hydrogen-bond donors (Lipinski definition) is 1. The van der Waals surface area contributed by atoms with E-state index < -0.39 is 0 Å². The molecular weight excluding hydrogens is 290 g/mol. The highest BCUT2D eigenvalue weighted by Gasteiger charge is 2.14. The Hall–Kier alpha value is -2.39. The number of hydrogen-bond acceptors (Lipinski definition) is 2. The number of carbonyl (C=O) groups excluding carboxylic acids is 1. The number of nitrogens with one attached hydrogen (secondary N) is 1. The number of benzene rings is 2. The van der Waals surface area contributed by atoms with Crippen molar-refractivity contribution in [3.63, 3.8) is 0 Å². The van der Waals surface area contributed by atoms with E-state index in [1.807, 2.05) is 73.8 Å². The summed E-state index contributed by atoms with van der Waals surface area (Å²) in [6.07, 6.45) is 0. The van der Waals surface area contributed by atoms with Crippen LogP contribution in [0.3, 0.4) is 0 Å². The van der Waals surface area contributed by atoms with Gasteiger partial charge >= 0.3 is 0 Å². The number of thiophene rings is 1. The first kappa shape index (κ1) is 14.5. The predicted octanol–water partition coefficient (Wildman–Crippen LogP) is 5.28. The minimum absolute atomic E-state index is 0.0716. The second kappa shape index (κ2) is 6.16. The summed E-state index contributed by atoms with van der Waals surface area (Å²) in [4.78, 5) is 13.8.